The molecule has 3 aromatic carbocycles. The highest BCUT2D eigenvalue weighted by atomic mass is 16.5. The summed E-state index contributed by atoms with van der Waals surface area (Å²) in [6.45, 7) is 2.94. The molecule has 1 atom stereocenters. The van der Waals surface area contributed by atoms with E-state index in [9.17, 15) is 14.7 Å². The molecule has 8 heteroatoms. The lowest BCUT2D eigenvalue weighted by Crippen LogP contribution is -2.42. The van der Waals surface area contributed by atoms with E-state index in [2.05, 4.69) is 22.2 Å². The van der Waals surface area contributed by atoms with Crippen LogP contribution in [0.5, 0.6) is 5.75 Å². The topological polar surface area (TPSA) is 125 Å². The average molecular weight is 563 g/mol. The minimum absolute atomic E-state index is 0.0949. The second kappa shape index (κ2) is 15.1. The Balaban J connectivity index is 1.33. The van der Waals surface area contributed by atoms with Gasteiger partial charge in [0.05, 0.1) is 18.2 Å². The number of carboxylic acid groups (broad SMARTS) is 1. The van der Waals surface area contributed by atoms with Crippen LogP contribution in [-0.4, -0.2) is 39.6 Å². The predicted molar refractivity (Wildman–Crippen MR) is 161 cm³/mol. The van der Waals surface area contributed by atoms with E-state index in [1.54, 1.807) is 36.7 Å². The Morgan fingerprint density at radius 2 is 1.60 bits per heavy atom. The minimum Gasteiger partial charge on any atom is -0.494 e. The average Bonchev–Trinajstić information content (AvgIpc) is 3.03. The van der Waals surface area contributed by atoms with Crippen LogP contribution in [0.2, 0.25) is 0 Å². The molecular weight excluding hydrogens is 528 g/mol. The zero-order chi connectivity index (χ0) is 29.7. The van der Waals surface area contributed by atoms with Crippen LogP contribution < -0.4 is 10.1 Å². The molecule has 4 rings (SSSR count). The molecule has 0 spiro atoms. The van der Waals surface area contributed by atoms with Gasteiger partial charge < -0.3 is 15.2 Å². The third kappa shape index (κ3) is 8.48. The van der Waals surface area contributed by atoms with Crippen molar-refractivity contribution in [3.63, 3.8) is 0 Å². The number of hydrogen-bond acceptors (Lipinski definition) is 6. The lowest BCUT2D eigenvalue weighted by atomic mass is 10.0. The van der Waals surface area contributed by atoms with E-state index < -0.39 is 17.9 Å². The molecule has 0 fully saturated rings. The molecule has 0 bridgehead atoms. The maximum absolute atomic E-state index is 12.6. The summed E-state index contributed by atoms with van der Waals surface area (Å²) in [5, 5.41) is 21.3. The zero-order valence-corrected chi connectivity index (χ0v) is 23.6. The number of benzene rings is 3. The van der Waals surface area contributed by atoms with Crippen LogP contribution in [0.1, 0.15) is 60.5 Å². The van der Waals surface area contributed by atoms with Crippen molar-refractivity contribution in [2.75, 3.05) is 6.61 Å². The summed E-state index contributed by atoms with van der Waals surface area (Å²) in [6, 6.07) is 22.1. The van der Waals surface area contributed by atoms with E-state index in [-0.39, 0.29) is 12.0 Å². The fraction of sp³-hybridized carbons (Fsp3) is 0.265. The first-order valence-electron chi connectivity index (χ1n) is 14.1. The summed E-state index contributed by atoms with van der Waals surface area (Å²) in [5.74, 6) is -0.298. The number of hydrogen-bond donors (Lipinski definition) is 2. The fourth-order valence-electron chi connectivity index (χ4n) is 4.46. The van der Waals surface area contributed by atoms with E-state index in [4.69, 9.17) is 10.00 Å². The number of aromatic nitrogens is 2. The first kappa shape index (κ1) is 29.9. The Morgan fingerprint density at radius 1 is 0.905 bits per heavy atom. The number of nitrogens with one attached hydrogen (secondary N) is 1. The second-order valence-corrected chi connectivity index (χ2v) is 10.0. The summed E-state index contributed by atoms with van der Waals surface area (Å²) >= 11 is 0. The van der Waals surface area contributed by atoms with Gasteiger partial charge in [-0.15, -0.1) is 0 Å². The minimum atomic E-state index is -1.15. The summed E-state index contributed by atoms with van der Waals surface area (Å²) in [6.07, 6.45) is 9.67. The summed E-state index contributed by atoms with van der Waals surface area (Å²) in [7, 11) is 0. The van der Waals surface area contributed by atoms with Gasteiger partial charge in [0.25, 0.3) is 5.91 Å². The SMILES string of the molecule is CCCCCCCOc1ccc(-c2cnc(-c3ccc(C[C@H](NC(=O)c4cccc(C#N)c4)C(=O)O)cc3)nc2)cc1. The molecule has 0 unspecified atom stereocenters. The van der Waals surface area contributed by atoms with Gasteiger partial charge in [0.15, 0.2) is 5.82 Å². The van der Waals surface area contributed by atoms with Crippen molar-refractivity contribution in [1.82, 2.24) is 15.3 Å². The Kier molecular flexibility index (Phi) is 10.8. The molecule has 4 aromatic rings. The standard InChI is InChI=1S/C34H34N4O4/c1-2-3-4-5-6-18-42-30-16-14-26(15-17-30)29-22-36-32(37-23-29)27-12-10-24(11-13-27)20-31(34(40)41)38-33(39)28-9-7-8-25(19-28)21-35/h7-17,19,22-23,31H,2-6,18,20H2,1H3,(H,38,39)(H,40,41)/t31-/m0/s1. The van der Waals surface area contributed by atoms with Crippen LogP contribution in [0.15, 0.2) is 85.2 Å². The molecule has 0 radical (unpaired) electrons. The van der Waals surface area contributed by atoms with Crippen molar-refractivity contribution in [3.8, 4) is 34.3 Å². The van der Waals surface area contributed by atoms with Gasteiger partial charge in [-0.25, -0.2) is 14.8 Å². The molecule has 0 saturated heterocycles. The van der Waals surface area contributed by atoms with E-state index in [1.807, 2.05) is 42.5 Å². The lowest BCUT2D eigenvalue weighted by Gasteiger charge is -2.15. The molecular formula is C34H34N4O4. The van der Waals surface area contributed by atoms with Crippen molar-refractivity contribution in [1.29, 1.82) is 5.26 Å². The van der Waals surface area contributed by atoms with Gasteiger partial charge in [-0.1, -0.05) is 75.1 Å². The molecule has 1 amide bonds. The Morgan fingerprint density at radius 3 is 2.26 bits per heavy atom. The van der Waals surface area contributed by atoms with Gasteiger partial charge in [0.2, 0.25) is 0 Å². The van der Waals surface area contributed by atoms with E-state index in [0.717, 1.165) is 41.0 Å². The molecule has 0 saturated carbocycles. The lowest BCUT2D eigenvalue weighted by molar-refractivity contribution is -0.139. The third-order valence-corrected chi connectivity index (χ3v) is 6.87. The van der Waals surface area contributed by atoms with Crippen LogP contribution in [-0.2, 0) is 11.2 Å². The summed E-state index contributed by atoms with van der Waals surface area (Å²) in [5.41, 5.74) is 3.96. The van der Waals surface area contributed by atoms with Gasteiger partial charge in [0, 0.05) is 35.5 Å². The largest absolute Gasteiger partial charge is 0.494 e. The molecule has 42 heavy (non-hydrogen) atoms. The van der Waals surface area contributed by atoms with Gasteiger partial charge in [0.1, 0.15) is 11.8 Å². The summed E-state index contributed by atoms with van der Waals surface area (Å²) < 4.78 is 5.85. The number of amides is 1. The Labute approximate surface area is 246 Å². The molecule has 0 aliphatic rings. The van der Waals surface area contributed by atoms with Gasteiger partial charge in [-0.05, 0) is 47.9 Å². The normalized spacial score (nSPS) is 11.3. The number of unbranched alkanes of at least 4 members (excludes halogenated alkanes) is 4. The van der Waals surface area contributed by atoms with Gasteiger partial charge in [-0.3, -0.25) is 4.79 Å². The number of carbonyl (C=O) groups excluding carboxylic acids is 1. The number of ether oxygens (including phenoxy) is 1. The number of nitriles is 1. The number of carboxylic acids is 1. The number of aliphatic carboxylic acids is 1. The highest BCUT2D eigenvalue weighted by molar-refractivity contribution is 5.96. The maximum atomic E-state index is 12.6. The van der Waals surface area contributed by atoms with Gasteiger partial charge >= 0.3 is 5.97 Å². The van der Waals surface area contributed by atoms with E-state index >= 15 is 0 Å². The molecule has 8 nitrogen and oxygen atoms in total. The Bertz CT molecular complexity index is 1510. The smallest absolute Gasteiger partial charge is 0.326 e. The predicted octanol–water partition coefficient (Wildman–Crippen LogP) is 6.46. The van der Waals surface area contributed by atoms with Crippen molar-refractivity contribution >= 4 is 11.9 Å². The summed E-state index contributed by atoms with van der Waals surface area (Å²) in [4.78, 5) is 33.5. The quantitative estimate of drug-likeness (QED) is 0.169. The van der Waals surface area contributed by atoms with E-state index in [0.29, 0.717) is 11.4 Å². The number of rotatable bonds is 14. The first-order valence-corrected chi connectivity index (χ1v) is 14.1. The molecule has 1 heterocycles. The van der Waals surface area contributed by atoms with Crippen LogP contribution >= 0.6 is 0 Å². The molecule has 0 aliphatic carbocycles. The highest BCUT2D eigenvalue weighted by Gasteiger charge is 2.21. The van der Waals surface area contributed by atoms with Crippen LogP contribution in [0, 0.1) is 11.3 Å². The molecule has 1 aromatic heterocycles. The maximum Gasteiger partial charge on any atom is 0.326 e. The number of nitrogens with zero attached hydrogens (tertiary/aromatic N) is 3. The fourth-order valence-corrected chi connectivity index (χ4v) is 4.46. The van der Waals surface area contributed by atoms with Crippen LogP contribution in [0.3, 0.4) is 0 Å². The third-order valence-electron chi connectivity index (χ3n) is 6.87. The van der Waals surface area contributed by atoms with Crippen molar-refractivity contribution in [2.24, 2.45) is 0 Å². The molecule has 0 aliphatic heterocycles. The van der Waals surface area contributed by atoms with Crippen molar-refractivity contribution in [2.45, 2.75) is 51.5 Å². The molecule has 2 N–H and O–H groups in total. The monoisotopic (exact) mass is 562 g/mol. The van der Waals surface area contributed by atoms with Gasteiger partial charge in [-0.2, -0.15) is 5.26 Å². The van der Waals surface area contributed by atoms with Crippen molar-refractivity contribution < 1.29 is 19.4 Å². The van der Waals surface area contributed by atoms with E-state index in [1.165, 1.54) is 37.8 Å². The van der Waals surface area contributed by atoms with Crippen LogP contribution in [0.4, 0.5) is 0 Å². The first-order chi connectivity index (χ1) is 20.5. The zero-order valence-electron chi connectivity index (χ0n) is 23.6. The Hall–Kier alpha value is -5.03. The van der Waals surface area contributed by atoms with Crippen molar-refractivity contribution in [3.05, 3.63) is 102 Å². The molecule has 214 valence electrons. The number of carbonyl (C=O) groups is 2. The second-order valence-electron chi connectivity index (χ2n) is 10.0. The highest BCUT2D eigenvalue weighted by Crippen LogP contribution is 2.24. The van der Waals surface area contributed by atoms with Crippen LogP contribution in [0.25, 0.3) is 22.5 Å².